The minimum Gasteiger partial charge on any atom is -0.386 e. The van der Waals surface area contributed by atoms with Crippen LogP contribution in [0.5, 0.6) is 0 Å². The van der Waals surface area contributed by atoms with E-state index in [1.165, 1.54) is 11.8 Å². The number of hydrogen-bond donors (Lipinski definition) is 4. The molecule has 2 saturated heterocycles. The van der Waals surface area contributed by atoms with Crippen molar-refractivity contribution in [3.05, 3.63) is 41.1 Å². The van der Waals surface area contributed by atoms with E-state index in [-0.39, 0.29) is 5.92 Å². The Labute approximate surface area is 229 Å². The third-order valence-electron chi connectivity index (χ3n) is 7.28. The molecule has 2 aromatic rings. The third-order valence-corrected chi connectivity index (χ3v) is 7.28. The molecular formula is C27H37N11O. The van der Waals surface area contributed by atoms with Gasteiger partial charge >= 0.3 is 0 Å². The Hall–Kier alpha value is -4.24. The number of amidine groups is 1. The number of hydrazone groups is 2. The van der Waals surface area contributed by atoms with Crippen LogP contribution in [0.2, 0.25) is 0 Å². The summed E-state index contributed by atoms with van der Waals surface area (Å²) < 4.78 is 0. The first kappa shape index (κ1) is 27.8. The molecule has 0 radical (unpaired) electrons. The van der Waals surface area contributed by atoms with Crippen molar-refractivity contribution in [2.45, 2.75) is 38.6 Å². The molecule has 0 spiro atoms. The summed E-state index contributed by atoms with van der Waals surface area (Å²) in [5.41, 5.74) is 11.2. The number of carbonyl (C=O) groups is 1. The molecule has 0 bridgehead atoms. The lowest BCUT2D eigenvalue weighted by Crippen LogP contribution is -2.36. The number of carbonyl (C=O) groups excluding carboxylic acids is 1. The highest BCUT2D eigenvalue weighted by Crippen LogP contribution is 2.27. The fourth-order valence-electron chi connectivity index (χ4n) is 5.10. The van der Waals surface area contributed by atoms with Gasteiger partial charge in [-0.2, -0.15) is 20.4 Å². The topological polar surface area (TPSA) is 174 Å². The van der Waals surface area contributed by atoms with Crippen LogP contribution in [-0.2, 0) is 6.54 Å². The number of rotatable bonds is 10. The number of nitrogens with zero attached hydrogens (tertiary/aromatic N) is 7. The molecule has 4 rings (SSSR count). The summed E-state index contributed by atoms with van der Waals surface area (Å²) in [4.78, 5) is 25.8. The predicted molar refractivity (Wildman–Crippen MR) is 153 cm³/mol. The van der Waals surface area contributed by atoms with Crippen molar-refractivity contribution in [1.29, 1.82) is 5.26 Å². The van der Waals surface area contributed by atoms with Crippen LogP contribution >= 0.6 is 0 Å². The molecule has 2 aliphatic heterocycles. The second-order valence-corrected chi connectivity index (χ2v) is 10.1. The van der Waals surface area contributed by atoms with Gasteiger partial charge in [0.15, 0.2) is 6.29 Å². The zero-order chi connectivity index (χ0) is 27.6. The van der Waals surface area contributed by atoms with Gasteiger partial charge in [-0.3, -0.25) is 9.69 Å². The quantitative estimate of drug-likeness (QED) is 0.117. The molecule has 0 saturated carbocycles. The SMILES string of the molecule is CN/N=C\c1nc(N2CCCC(C#N)C2)nc(Nc2ccc(CN3CCC(C/C(N)=N/N)CC3)cc2)c1C=O. The van der Waals surface area contributed by atoms with Crippen LogP contribution in [0, 0.1) is 23.2 Å². The summed E-state index contributed by atoms with van der Waals surface area (Å²) in [5, 5.41) is 20.4. The Morgan fingerprint density at radius 1 is 1.21 bits per heavy atom. The molecule has 12 nitrogen and oxygen atoms in total. The van der Waals surface area contributed by atoms with Crippen molar-refractivity contribution in [1.82, 2.24) is 20.3 Å². The minimum absolute atomic E-state index is 0.0739. The van der Waals surface area contributed by atoms with Crippen molar-refractivity contribution in [2.24, 2.45) is 33.6 Å². The number of nitriles is 1. The van der Waals surface area contributed by atoms with E-state index in [2.05, 4.69) is 49.0 Å². The van der Waals surface area contributed by atoms with Crippen LogP contribution < -0.4 is 27.2 Å². The summed E-state index contributed by atoms with van der Waals surface area (Å²) in [6.45, 7) is 4.19. The average Bonchev–Trinajstić information content (AvgIpc) is 2.97. The number of anilines is 3. The lowest BCUT2D eigenvalue weighted by molar-refractivity contribution is 0.112. The Morgan fingerprint density at radius 3 is 2.64 bits per heavy atom. The maximum Gasteiger partial charge on any atom is 0.228 e. The minimum atomic E-state index is -0.0739. The second kappa shape index (κ2) is 13.5. The summed E-state index contributed by atoms with van der Waals surface area (Å²) in [5.74, 6) is 7.13. The van der Waals surface area contributed by atoms with E-state index in [4.69, 9.17) is 16.6 Å². The number of likely N-dealkylation sites (tertiary alicyclic amines) is 1. The van der Waals surface area contributed by atoms with Crippen LogP contribution in [-0.4, -0.2) is 66.4 Å². The summed E-state index contributed by atoms with van der Waals surface area (Å²) >= 11 is 0. The summed E-state index contributed by atoms with van der Waals surface area (Å²) in [7, 11) is 1.68. The zero-order valence-corrected chi connectivity index (χ0v) is 22.4. The van der Waals surface area contributed by atoms with Gasteiger partial charge in [0.2, 0.25) is 5.95 Å². The van der Waals surface area contributed by atoms with Gasteiger partial charge in [-0.05, 0) is 62.4 Å². The van der Waals surface area contributed by atoms with Crippen LogP contribution in [0.1, 0.15) is 53.7 Å². The molecule has 39 heavy (non-hydrogen) atoms. The number of piperidine rings is 2. The van der Waals surface area contributed by atoms with Gasteiger partial charge in [0.1, 0.15) is 17.3 Å². The highest BCUT2D eigenvalue weighted by atomic mass is 16.1. The lowest BCUT2D eigenvalue weighted by Gasteiger charge is -2.31. The molecule has 6 N–H and O–H groups in total. The maximum absolute atomic E-state index is 12.1. The van der Waals surface area contributed by atoms with Crippen molar-refractivity contribution >= 4 is 35.8 Å². The van der Waals surface area contributed by atoms with E-state index in [1.54, 1.807) is 7.05 Å². The number of nitrogens with two attached hydrogens (primary N) is 2. The molecule has 3 heterocycles. The van der Waals surface area contributed by atoms with Crippen molar-refractivity contribution < 1.29 is 4.79 Å². The van der Waals surface area contributed by atoms with E-state index in [0.29, 0.717) is 41.3 Å². The first-order valence-corrected chi connectivity index (χ1v) is 13.3. The molecule has 1 atom stereocenters. The Morgan fingerprint density at radius 2 is 1.97 bits per heavy atom. The Kier molecular flexibility index (Phi) is 9.64. The smallest absolute Gasteiger partial charge is 0.228 e. The molecular weight excluding hydrogens is 494 g/mol. The fraction of sp³-hybridized carbons (Fsp3) is 0.481. The van der Waals surface area contributed by atoms with Gasteiger partial charge in [0.05, 0.1) is 23.8 Å². The maximum atomic E-state index is 12.1. The van der Waals surface area contributed by atoms with Gasteiger partial charge in [0.25, 0.3) is 0 Å². The predicted octanol–water partition coefficient (Wildman–Crippen LogP) is 2.16. The van der Waals surface area contributed by atoms with Crippen LogP contribution in [0.4, 0.5) is 17.5 Å². The Bertz CT molecular complexity index is 1210. The first-order chi connectivity index (χ1) is 19.0. The van der Waals surface area contributed by atoms with Gasteiger partial charge in [-0.1, -0.05) is 12.1 Å². The van der Waals surface area contributed by atoms with Crippen LogP contribution in [0.25, 0.3) is 0 Å². The Balaban J connectivity index is 1.47. The fourth-order valence-corrected chi connectivity index (χ4v) is 5.10. The number of aromatic nitrogens is 2. The standard InChI is InChI=1S/C27H37N11O/c1-31-32-15-24-23(18-39)26(35-27(34-24)38-10-2-3-21(14-28)17-38)33-22-6-4-20(5-7-22)16-37-11-8-19(9-12-37)13-25(29)36-30/h4-7,15,18-19,21,31H,2-3,8-13,16-17,30H2,1H3,(H2,29,36)(H,33,34,35)/b32-15-. The van der Waals surface area contributed by atoms with E-state index in [0.717, 1.165) is 70.3 Å². The highest BCUT2D eigenvalue weighted by Gasteiger charge is 2.24. The van der Waals surface area contributed by atoms with Gasteiger partial charge < -0.3 is 27.2 Å². The van der Waals surface area contributed by atoms with Gasteiger partial charge in [-0.25, -0.2) is 4.98 Å². The van der Waals surface area contributed by atoms with E-state index in [9.17, 15) is 10.1 Å². The van der Waals surface area contributed by atoms with Gasteiger partial charge in [0, 0.05) is 38.8 Å². The van der Waals surface area contributed by atoms with Crippen LogP contribution in [0.15, 0.2) is 34.5 Å². The normalized spacial score (nSPS) is 19.1. The monoisotopic (exact) mass is 531 g/mol. The van der Waals surface area contributed by atoms with E-state index >= 15 is 0 Å². The summed E-state index contributed by atoms with van der Waals surface area (Å²) in [6.07, 6.45) is 6.90. The molecule has 0 aliphatic carbocycles. The van der Waals surface area contributed by atoms with Crippen LogP contribution in [0.3, 0.4) is 0 Å². The zero-order valence-electron chi connectivity index (χ0n) is 22.4. The number of hydrogen-bond acceptors (Lipinski definition) is 11. The molecule has 1 aromatic heterocycles. The highest BCUT2D eigenvalue weighted by molar-refractivity contribution is 5.96. The largest absolute Gasteiger partial charge is 0.386 e. The molecule has 2 fully saturated rings. The van der Waals surface area contributed by atoms with Crippen molar-refractivity contribution in [2.75, 3.05) is 43.4 Å². The van der Waals surface area contributed by atoms with Crippen molar-refractivity contribution in [3.63, 3.8) is 0 Å². The number of benzene rings is 1. The molecule has 2 aliphatic rings. The molecule has 0 amide bonds. The first-order valence-electron chi connectivity index (χ1n) is 13.3. The van der Waals surface area contributed by atoms with E-state index in [1.807, 2.05) is 17.0 Å². The lowest BCUT2D eigenvalue weighted by atomic mass is 9.93. The molecule has 1 aromatic carbocycles. The molecule has 206 valence electrons. The number of nitrogens with one attached hydrogen (secondary N) is 2. The third kappa shape index (κ3) is 7.42. The summed E-state index contributed by atoms with van der Waals surface area (Å²) in [6, 6.07) is 10.5. The molecule has 12 heteroatoms. The number of aldehydes is 1. The second-order valence-electron chi connectivity index (χ2n) is 10.1. The van der Waals surface area contributed by atoms with Gasteiger partial charge in [-0.15, -0.1) is 0 Å². The molecule has 1 unspecified atom stereocenters. The van der Waals surface area contributed by atoms with E-state index < -0.39 is 0 Å². The average molecular weight is 532 g/mol. The van der Waals surface area contributed by atoms with Crippen molar-refractivity contribution in [3.8, 4) is 6.07 Å².